The minimum Gasteiger partial charge on any atom is -0.365 e. The number of nitrogens with one attached hydrogen (secondary N) is 1. The van der Waals surface area contributed by atoms with Crippen LogP contribution in [0.4, 0.5) is 0 Å². The van der Waals surface area contributed by atoms with E-state index in [0.717, 1.165) is 21.9 Å². The molecule has 2 heterocycles. The lowest BCUT2D eigenvalue weighted by Gasteiger charge is -2.18. The van der Waals surface area contributed by atoms with E-state index >= 15 is 0 Å². The molecule has 18 heavy (non-hydrogen) atoms. The van der Waals surface area contributed by atoms with Crippen molar-refractivity contribution in [1.82, 2.24) is 4.98 Å². The third-order valence-electron chi connectivity index (χ3n) is 2.95. The molecule has 1 aliphatic rings. The molecule has 4 nitrogen and oxygen atoms in total. The van der Waals surface area contributed by atoms with E-state index in [4.69, 9.17) is 5.73 Å². The molecule has 0 fully saturated rings. The van der Waals surface area contributed by atoms with Crippen molar-refractivity contribution < 1.29 is 4.79 Å². The third-order valence-corrected chi connectivity index (χ3v) is 4.02. The van der Waals surface area contributed by atoms with Gasteiger partial charge in [-0.15, -0.1) is 11.8 Å². The highest BCUT2D eigenvalue weighted by Gasteiger charge is 2.19. The van der Waals surface area contributed by atoms with Gasteiger partial charge in [0.15, 0.2) is 0 Å². The molecule has 3 N–H and O–H groups in total. The van der Waals surface area contributed by atoms with Crippen LogP contribution in [0.5, 0.6) is 0 Å². The molecule has 5 heteroatoms. The highest BCUT2D eigenvalue weighted by atomic mass is 32.2. The Balaban J connectivity index is 2.30. The van der Waals surface area contributed by atoms with Crippen molar-refractivity contribution in [3.63, 3.8) is 0 Å². The lowest BCUT2D eigenvalue weighted by molar-refractivity contribution is 0.0999. The third kappa shape index (κ3) is 1.64. The average Bonchev–Trinajstić information content (AvgIpc) is 2.37. The van der Waals surface area contributed by atoms with E-state index < -0.39 is 11.5 Å². The first-order valence-electron chi connectivity index (χ1n) is 5.45. The first-order valence-corrected chi connectivity index (χ1v) is 6.43. The normalized spacial score (nSPS) is 12.7. The maximum atomic E-state index is 11.7. The molecule has 1 aliphatic heterocycles. The number of aromatic nitrogens is 1. The summed E-state index contributed by atoms with van der Waals surface area (Å²) in [5.41, 5.74) is 7.89. The molecule has 3 rings (SSSR count). The second-order valence-electron chi connectivity index (χ2n) is 4.07. The molecule has 0 saturated heterocycles. The topological polar surface area (TPSA) is 76.0 Å². The van der Waals surface area contributed by atoms with Crippen LogP contribution in [-0.4, -0.2) is 10.9 Å². The van der Waals surface area contributed by atoms with Crippen LogP contribution in [-0.2, 0) is 5.75 Å². The molecule has 0 bridgehead atoms. The van der Waals surface area contributed by atoms with Gasteiger partial charge in [0, 0.05) is 11.3 Å². The number of fused-ring (bicyclic) bond motifs is 3. The highest BCUT2D eigenvalue weighted by Crippen LogP contribution is 2.39. The van der Waals surface area contributed by atoms with Gasteiger partial charge in [0.25, 0.3) is 11.5 Å². The molecule has 0 radical (unpaired) electrons. The molecule has 2 aromatic rings. The minimum atomic E-state index is -0.702. The number of H-pyrrole nitrogens is 1. The zero-order valence-electron chi connectivity index (χ0n) is 9.40. The van der Waals surface area contributed by atoms with Crippen molar-refractivity contribution in [2.45, 2.75) is 10.8 Å². The highest BCUT2D eigenvalue weighted by molar-refractivity contribution is 7.98. The van der Waals surface area contributed by atoms with E-state index in [-0.39, 0.29) is 5.56 Å². The molecular formula is C13H10N2O2S. The number of benzene rings is 1. The maximum absolute atomic E-state index is 11.7. The molecule has 1 amide bonds. The van der Waals surface area contributed by atoms with Crippen molar-refractivity contribution in [2.75, 3.05) is 0 Å². The second kappa shape index (κ2) is 4.03. The number of amides is 1. The Hall–Kier alpha value is -2.01. The number of carbonyl (C=O) groups is 1. The summed E-state index contributed by atoms with van der Waals surface area (Å²) in [5, 5.41) is 0.795. The predicted octanol–water partition coefficient (Wildman–Crippen LogP) is 1.75. The fourth-order valence-corrected chi connectivity index (χ4v) is 3.11. The van der Waals surface area contributed by atoms with Crippen LogP contribution in [0, 0.1) is 0 Å². The van der Waals surface area contributed by atoms with Gasteiger partial charge in [-0.25, -0.2) is 0 Å². The summed E-state index contributed by atoms with van der Waals surface area (Å²) in [6.45, 7) is 0. The molecule has 0 atom stereocenters. The monoisotopic (exact) mass is 258 g/mol. The van der Waals surface area contributed by atoms with Gasteiger partial charge in [-0.05, 0) is 17.2 Å². The van der Waals surface area contributed by atoms with E-state index in [2.05, 4.69) is 4.98 Å². The first-order chi connectivity index (χ1) is 8.66. The van der Waals surface area contributed by atoms with Gasteiger partial charge in [-0.3, -0.25) is 9.59 Å². The lowest BCUT2D eigenvalue weighted by Crippen LogP contribution is -2.24. The van der Waals surface area contributed by atoms with Gasteiger partial charge in [-0.1, -0.05) is 24.3 Å². The summed E-state index contributed by atoms with van der Waals surface area (Å²) in [6, 6.07) is 9.53. The fourth-order valence-electron chi connectivity index (χ4n) is 2.07. The molecule has 0 saturated carbocycles. The SMILES string of the molecule is NC(=O)c1cc2c([nH]c1=O)SCc1ccccc1-2. The summed E-state index contributed by atoms with van der Waals surface area (Å²) < 4.78 is 0. The Morgan fingerprint density at radius 3 is 2.83 bits per heavy atom. The fraction of sp³-hybridized carbons (Fsp3) is 0.0769. The van der Waals surface area contributed by atoms with Gasteiger partial charge in [-0.2, -0.15) is 0 Å². The van der Waals surface area contributed by atoms with Crippen LogP contribution in [0.1, 0.15) is 15.9 Å². The van der Waals surface area contributed by atoms with E-state index in [0.29, 0.717) is 0 Å². The number of nitrogens with two attached hydrogens (primary N) is 1. The lowest BCUT2D eigenvalue weighted by atomic mass is 10.0. The largest absolute Gasteiger partial charge is 0.365 e. The van der Waals surface area contributed by atoms with Crippen LogP contribution < -0.4 is 11.3 Å². The number of pyridine rings is 1. The maximum Gasteiger partial charge on any atom is 0.261 e. The second-order valence-corrected chi connectivity index (χ2v) is 5.05. The van der Waals surface area contributed by atoms with Crippen molar-refractivity contribution >= 4 is 17.7 Å². The molecular weight excluding hydrogens is 248 g/mol. The van der Waals surface area contributed by atoms with E-state index in [9.17, 15) is 9.59 Å². The minimum absolute atomic E-state index is 0.00560. The standard InChI is InChI=1S/C13H10N2O2S/c14-11(16)10-5-9-8-4-2-1-3-7(8)6-18-13(9)15-12(10)17/h1-5H,6H2,(H2,14,16)(H,15,17). The Labute approximate surface area is 107 Å². The molecule has 90 valence electrons. The van der Waals surface area contributed by atoms with Crippen molar-refractivity contribution in [2.24, 2.45) is 5.73 Å². The zero-order valence-corrected chi connectivity index (χ0v) is 10.2. The van der Waals surface area contributed by atoms with Crippen molar-refractivity contribution in [3.05, 3.63) is 51.8 Å². The van der Waals surface area contributed by atoms with Gasteiger partial charge >= 0.3 is 0 Å². The zero-order chi connectivity index (χ0) is 12.7. The number of primary amides is 1. The van der Waals surface area contributed by atoms with Crippen LogP contribution in [0.3, 0.4) is 0 Å². The van der Waals surface area contributed by atoms with Crippen LogP contribution in [0.25, 0.3) is 11.1 Å². The van der Waals surface area contributed by atoms with Crippen molar-refractivity contribution in [3.8, 4) is 11.1 Å². The average molecular weight is 258 g/mol. The van der Waals surface area contributed by atoms with E-state index in [1.165, 1.54) is 5.56 Å². The van der Waals surface area contributed by atoms with Crippen molar-refractivity contribution in [1.29, 1.82) is 0 Å². The van der Waals surface area contributed by atoms with Crippen LogP contribution >= 0.6 is 11.8 Å². The van der Waals surface area contributed by atoms with Gasteiger partial charge in [0.05, 0.1) is 5.03 Å². The Kier molecular flexibility index (Phi) is 2.48. The number of aromatic amines is 1. The van der Waals surface area contributed by atoms with Gasteiger partial charge < -0.3 is 10.7 Å². The molecule has 0 aliphatic carbocycles. The summed E-state index contributed by atoms with van der Waals surface area (Å²) >= 11 is 1.56. The van der Waals surface area contributed by atoms with Crippen LogP contribution in [0.2, 0.25) is 0 Å². The summed E-state index contributed by atoms with van der Waals surface area (Å²) in [7, 11) is 0. The molecule has 0 unspecified atom stereocenters. The summed E-state index contributed by atoms with van der Waals surface area (Å²) in [5.74, 6) is 0.113. The quantitative estimate of drug-likeness (QED) is 0.818. The summed E-state index contributed by atoms with van der Waals surface area (Å²) in [4.78, 5) is 25.6. The summed E-state index contributed by atoms with van der Waals surface area (Å²) in [6.07, 6.45) is 0. The number of carbonyl (C=O) groups excluding carboxylic acids is 1. The van der Waals surface area contributed by atoms with Gasteiger partial charge in [0.1, 0.15) is 5.56 Å². The number of hydrogen-bond acceptors (Lipinski definition) is 3. The number of rotatable bonds is 1. The Bertz CT molecular complexity index is 706. The molecule has 1 aromatic carbocycles. The number of hydrogen-bond donors (Lipinski definition) is 2. The Morgan fingerprint density at radius 1 is 1.28 bits per heavy atom. The number of thioether (sulfide) groups is 1. The van der Waals surface area contributed by atoms with Crippen LogP contribution in [0.15, 0.2) is 40.2 Å². The van der Waals surface area contributed by atoms with E-state index in [1.807, 2.05) is 24.3 Å². The predicted molar refractivity (Wildman–Crippen MR) is 70.6 cm³/mol. The molecule has 1 aromatic heterocycles. The Morgan fingerprint density at radius 2 is 2.06 bits per heavy atom. The first kappa shape index (κ1) is 11.1. The molecule has 0 spiro atoms. The van der Waals surface area contributed by atoms with E-state index in [1.54, 1.807) is 17.8 Å². The smallest absolute Gasteiger partial charge is 0.261 e. The van der Waals surface area contributed by atoms with Gasteiger partial charge in [0.2, 0.25) is 0 Å².